The Morgan fingerprint density at radius 1 is 1.42 bits per heavy atom. The normalized spacial score (nSPS) is 10.4. The van der Waals surface area contributed by atoms with Crippen LogP contribution < -0.4 is 0 Å². The van der Waals surface area contributed by atoms with Gasteiger partial charge in [-0.3, -0.25) is 4.79 Å². The maximum atomic E-state index is 11.0. The topological polar surface area (TPSA) is 47.8 Å². The Morgan fingerprint density at radius 3 is 2.68 bits per heavy atom. The fourth-order valence-electron chi connectivity index (χ4n) is 1.80. The third-order valence-corrected chi connectivity index (χ3v) is 2.94. The van der Waals surface area contributed by atoms with Gasteiger partial charge in [0.1, 0.15) is 5.69 Å². The summed E-state index contributed by atoms with van der Waals surface area (Å²) in [6, 6.07) is 7.50. The molecule has 1 aromatic heterocycles. The third-order valence-electron chi connectivity index (χ3n) is 2.68. The van der Waals surface area contributed by atoms with E-state index in [2.05, 4.69) is 16.9 Å². The van der Waals surface area contributed by atoms with Crippen molar-refractivity contribution < 1.29 is 4.79 Å². The van der Waals surface area contributed by atoms with Gasteiger partial charge in [0.25, 0.3) is 0 Å². The maximum Gasteiger partial charge on any atom is 0.172 e. The molecule has 0 atom stereocenters. The fraction of sp³-hybridized carbons (Fsp3) is 0.214. The molecule has 0 spiro atoms. The zero-order valence-electron chi connectivity index (χ0n) is 10.6. The Hall–Kier alpha value is -1.94. The summed E-state index contributed by atoms with van der Waals surface area (Å²) >= 11 is 5.85. The maximum absolute atomic E-state index is 11.0. The average molecular weight is 276 g/mol. The summed E-state index contributed by atoms with van der Waals surface area (Å²) in [7, 11) is 0. The van der Waals surface area contributed by atoms with Gasteiger partial charge in [-0.2, -0.15) is 0 Å². The van der Waals surface area contributed by atoms with Crippen molar-refractivity contribution in [1.29, 1.82) is 0 Å². The van der Waals surface area contributed by atoms with Crippen molar-refractivity contribution in [3.05, 3.63) is 58.4 Å². The van der Waals surface area contributed by atoms with E-state index in [1.54, 1.807) is 4.68 Å². The van der Waals surface area contributed by atoms with Crippen LogP contribution in [0.25, 0.3) is 0 Å². The molecule has 5 heteroatoms. The van der Waals surface area contributed by atoms with E-state index < -0.39 is 0 Å². The van der Waals surface area contributed by atoms with E-state index in [1.807, 2.05) is 31.2 Å². The molecule has 0 saturated carbocycles. The highest BCUT2D eigenvalue weighted by Crippen LogP contribution is 2.15. The molecule has 0 fully saturated rings. The van der Waals surface area contributed by atoms with Crippen LogP contribution in [0.3, 0.4) is 0 Å². The minimum Gasteiger partial charge on any atom is -0.296 e. The van der Waals surface area contributed by atoms with E-state index >= 15 is 0 Å². The monoisotopic (exact) mass is 275 g/mol. The number of hydrogen-bond acceptors (Lipinski definition) is 3. The second-order valence-electron chi connectivity index (χ2n) is 4.46. The second kappa shape index (κ2) is 5.80. The van der Waals surface area contributed by atoms with Crippen LogP contribution in [0.5, 0.6) is 0 Å². The van der Waals surface area contributed by atoms with Crippen LogP contribution in [-0.4, -0.2) is 21.3 Å². The van der Waals surface area contributed by atoms with Gasteiger partial charge in [0.2, 0.25) is 0 Å². The summed E-state index contributed by atoms with van der Waals surface area (Å²) in [5, 5.41) is 8.56. The minimum absolute atomic E-state index is 0.371. The van der Waals surface area contributed by atoms with Crippen molar-refractivity contribution in [2.45, 2.75) is 19.9 Å². The molecule has 0 bridgehead atoms. The van der Waals surface area contributed by atoms with Gasteiger partial charge in [-0.05, 0) is 24.6 Å². The van der Waals surface area contributed by atoms with Crippen LogP contribution in [0.2, 0.25) is 5.02 Å². The van der Waals surface area contributed by atoms with Gasteiger partial charge in [-0.15, -0.1) is 5.10 Å². The van der Waals surface area contributed by atoms with Gasteiger partial charge in [0, 0.05) is 11.4 Å². The Kier molecular flexibility index (Phi) is 4.12. The summed E-state index contributed by atoms with van der Waals surface area (Å²) in [5.41, 5.74) is 3.17. The number of halogens is 1. The van der Waals surface area contributed by atoms with Gasteiger partial charge in [0.15, 0.2) is 6.29 Å². The highest BCUT2D eigenvalue weighted by molar-refractivity contribution is 6.30. The lowest BCUT2D eigenvalue weighted by molar-refractivity contribution is 0.111. The number of aldehydes is 1. The van der Waals surface area contributed by atoms with E-state index in [9.17, 15) is 4.79 Å². The highest BCUT2D eigenvalue weighted by atomic mass is 35.5. The third kappa shape index (κ3) is 3.29. The van der Waals surface area contributed by atoms with Crippen molar-refractivity contribution >= 4 is 17.9 Å². The van der Waals surface area contributed by atoms with Gasteiger partial charge in [-0.1, -0.05) is 41.1 Å². The highest BCUT2D eigenvalue weighted by Gasteiger charge is 2.12. The van der Waals surface area contributed by atoms with Crippen molar-refractivity contribution in [3.63, 3.8) is 0 Å². The van der Waals surface area contributed by atoms with Crippen LogP contribution in [0, 0.1) is 0 Å². The summed E-state index contributed by atoms with van der Waals surface area (Å²) in [4.78, 5) is 11.0. The Bertz CT molecular complexity index is 602. The first-order valence-electron chi connectivity index (χ1n) is 5.86. The van der Waals surface area contributed by atoms with Crippen LogP contribution in [-0.2, 0) is 13.0 Å². The molecule has 0 amide bonds. The molecule has 0 aliphatic heterocycles. The number of carbonyl (C=O) groups excluding carboxylic acids is 1. The quantitative estimate of drug-likeness (QED) is 0.623. The predicted octanol–water partition coefficient (Wildman–Crippen LogP) is 2.91. The largest absolute Gasteiger partial charge is 0.296 e. The second-order valence-corrected chi connectivity index (χ2v) is 4.89. The zero-order valence-corrected chi connectivity index (χ0v) is 11.4. The molecule has 2 aromatic rings. The molecule has 98 valence electrons. The number of allylic oxidation sites excluding steroid dienone is 1. The van der Waals surface area contributed by atoms with Crippen LogP contribution in [0.4, 0.5) is 0 Å². The molecule has 0 N–H and O–H groups in total. The molecule has 0 aliphatic rings. The summed E-state index contributed by atoms with van der Waals surface area (Å²) in [6.07, 6.45) is 1.32. The summed E-state index contributed by atoms with van der Waals surface area (Å²) in [5.74, 6) is 0. The molecule has 0 saturated heterocycles. The van der Waals surface area contributed by atoms with Crippen molar-refractivity contribution in [2.24, 2.45) is 0 Å². The average Bonchev–Trinajstić information content (AvgIpc) is 2.74. The first-order valence-corrected chi connectivity index (χ1v) is 6.24. The molecule has 1 heterocycles. The summed E-state index contributed by atoms with van der Waals surface area (Å²) < 4.78 is 1.71. The van der Waals surface area contributed by atoms with Gasteiger partial charge < -0.3 is 0 Å². The molecule has 0 aliphatic carbocycles. The Balaban J connectivity index is 2.31. The predicted molar refractivity (Wildman–Crippen MR) is 74.5 cm³/mol. The van der Waals surface area contributed by atoms with E-state index in [-0.39, 0.29) is 0 Å². The number of rotatable bonds is 5. The molecule has 19 heavy (non-hydrogen) atoms. The standard InChI is InChI=1S/C14H14ClN3O/c1-10(2)8-18-14(13(9-19)16-17-18)7-11-3-5-12(15)6-4-11/h3-6,9H,1,7-8H2,2H3. The van der Waals surface area contributed by atoms with Crippen molar-refractivity contribution in [3.8, 4) is 0 Å². The number of carbonyl (C=O) groups is 1. The van der Waals surface area contributed by atoms with Crippen LogP contribution in [0.1, 0.15) is 28.7 Å². The van der Waals surface area contributed by atoms with Crippen LogP contribution in [0.15, 0.2) is 36.4 Å². The van der Waals surface area contributed by atoms with Gasteiger partial charge in [0.05, 0.1) is 12.2 Å². The lowest BCUT2D eigenvalue weighted by Gasteiger charge is -2.07. The fourth-order valence-corrected chi connectivity index (χ4v) is 1.92. The first-order chi connectivity index (χ1) is 9.10. The molecular weight excluding hydrogens is 262 g/mol. The Labute approximate surface area is 116 Å². The SMILES string of the molecule is C=C(C)Cn1nnc(C=O)c1Cc1ccc(Cl)cc1. The number of nitrogens with zero attached hydrogens (tertiary/aromatic N) is 3. The Morgan fingerprint density at radius 2 is 2.11 bits per heavy atom. The molecule has 1 aromatic carbocycles. The smallest absolute Gasteiger partial charge is 0.172 e. The lowest BCUT2D eigenvalue weighted by Crippen LogP contribution is -2.07. The van der Waals surface area contributed by atoms with Crippen molar-refractivity contribution in [2.75, 3.05) is 0 Å². The lowest BCUT2D eigenvalue weighted by atomic mass is 10.1. The van der Waals surface area contributed by atoms with E-state index in [0.29, 0.717) is 23.7 Å². The van der Waals surface area contributed by atoms with E-state index in [0.717, 1.165) is 23.1 Å². The van der Waals surface area contributed by atoms with Gasteiger partial charge in [-0.25, -0.2) is 4.68 Å². The first kappa shape index (κ1) is 13.5. The molecular formula is C14H14ClN3O. The van der Waals surface area contributed by atoms with E-state index in [1.165, 1.54) is 0 Å². The summed E-state index contributed by atoms with van der Waals surface area (Å²) in [6.45, 7) is 6.32. The number of aromatic nitrogens is 3. The van der Waals surface area contributed by atoms with Crippen molar-refractivity contribution in [1.82, 2.24) is 15.0 Å². The molecule has 2 rings (SSSR count). The van der Waals surface area contributed by atoms with Gasteiger partial charge >= 0.3 is 0 Å². The minimum atomic E-state index is 0.371. The van der Waals surface area contributed by atoms with E-state index in [4.69, 9.17) is 11.6 Å². The molecule has 0 radical (unpaired) electrons. The number of benzene rings is 1. The molecule has 4 nitrogen and oxygen atoms in total. The molecule has 0 unspecified atom stereocenters. The van der Waals surface area contributed by atoms with Crippen LogP contribution >= 0.6 is 11.6 Å². The number of hydrogen-bond donors (Lipinski definition) is 0. The zero-order chi connectivity index (χ0) is 13.8.